The zero-order valence-electron chi connectivity index (χ0n) is 49.5. The van der Waals surface area contributed by atoms with E-state index in [4.69, 9.17) is 0 Å². The van der Waals surface area contributed by atoms with Crippen molar-refractivity contribution in [2.75, 3.05) is 9.80 Å². The van der Waals surface area contributed by atoms with Gasteiger partial charge in [-0.25, -0.2) is 0 Å². The van der Waals surface area contributed by atoms with Crippen LogP contribution in [0, 0.1) is 0 Å². The van der Waals surface area contributed by atoms with E-state index in [1.54, 1.807) is 0 Å². The molecule has 0 radical (unpaired) electrons. The van der Waals surface area contributed by atoms with Gasteiger partial charge in [0.05, 0.1) is 11.0 Å². The van der Waals surface area contributed by atoms with Gasteiger partial charge in [-0.3, -0.25) is 0 Å². The Balaban J connectivity index is 0.721. The first-order chi connectivity index (χ1) is 42.2. The summed E-state index contributed by atoms with van der Waals surface area (Å²) in [6.07, 6.45) is 4.53. The summed E-state index contributed by atoms with van der Waals surface area (Å²) in [5, 5.41) is 2.48. The predicted octanol–water partition coefficient (Wildman–Crippen LogP) is 22.8. The number of hydrogen-bond acceptors (Lipinski definition) is 2. The Labute approximate surface area is 506 Å². The molecular weight excluding hydrogens is 1040 g/mol. The van der Waals surface area contributed by atoms with Crippen molar-refractivity contribution in [3.05, 3.63) is 318 Å². The van der Waals surface area contributed by atoms with Crippen LogP contribution in [0.4, 0.5) is 34.1 Å². The highest BCUT2D eigenvalue weighted by Crippen LogP contribution is 2.51. The van der Waals surface area contributed by atoms with Crippen LogP contribution in [0.5, 0.6) is 0 Å². The van der Waals surface area contributed by atoms with Crippen molar-refractivity contribution in [1.29, 1.82) is 0 Å². The summed E-state index contributed by atoms with van der Waals surface area (Å²) in [5.74, 6) is 0.850. The van der Waals surface area contributed by atoms with Crippen LogP contribution in [-0.4, -0.2) is 4.57 Å². The van der Waals surface area contributed by atoms with Gasteiger partial charge < -0.3 is 14.4 Å². The molecule has 0 N–H and O–H groups in total. The Morgan fingerprint density at radius 1 is 0.372 bits per heavy atom. The number of fused-ring (bicyclic) bond motifs is 7. The number of benzene rings is 12. The average molecular weight is 1110 g/mol. The van der Waals surface area contributed by atoms with Crippen molar-refractivity contribution in [3.8, 4) is 50.2 Å². The van der Waals surface area contributed by atoms with E-state index in [9.17, 15) is 0 Å². The molecule has 1 heterocycles. The minimum absolute atomic E-state index is 0.119. The maximum absolute atomic E-state index is 2.42. The first-order valence-corrected chi connectivity index (χ1v) is 30.9. The minimum Gasteiger partial charge on any atom is -0.310 e. The van der Waals surface area contributed by atoms with E-state index in [2.05, 4.69) is 327 Å². The maximum Gasteiger partial charge on any atom is 0.0541 e. The molecule has 0 fully saturated rings. The maximum atomic E-state index is 2.42. The molecule has 86 heavy (non-hydrogen) atoms. The molecule has 0 amide bonds. The number of anilines is 6. The molecule has 0 aliphatic heterocycles. The van der Waals surface area contributed by atoms with Crippen LogP contribution < -0.4 is 9.80 Å². The van der Waals surface area contributed by atoms with Crippen LogP contribution in [0.15, 0.2) is 285 Å². The van der Waals surface area contributed by atoms with Gasteiger partial charge in [-0.2, -0.15) is 0 Å². The van der Waals surface area contributed by atoms with Gasteiger partial charge >= 0.3 is 0 Å². The second-order valence-electron chi connectivity index (χ2n) is 24.4. The molecule has 2 aliphatic rings. The monoisotopic (exact) mass is 1110 g/mol. The van der Waals surface area contributed by atoms with E-state index in [-0.39, 0.29) is 5.41 Å². The molecular formula is C83H69N3. The molecule has 0 saturated carbocycles. The molecule has 2 aliphatic carbocycles. The fraction of sp³-hybridized carbons (Fsp3) is 0.133. The minimum atomic E-state index is -0.119. The number of aromatic nitrogens is 1. The predicted molar refractivity (Wildman–Crippen MR) is 364 cm³/mol. The van der Waals surface area contributed by atoms with Crippen LogP contribution in [-0.2, 0) is 18.3 Å². The van der Waals surface area contributed by atoms with Crippen molar-refractivity contribution in [2.45, 2.75) is 70.6 Å². The standard InChI is InChI=1S/C83H69N3/c1-5-57(60-31-40-70(41-32-60)84(68-19-11-7-12-20-68)73-46-37-63-29-30-65(63)52-73)51-56(2)58-25-27-62(28-26-58)66-38-49-81-77(53-66)78-54-67(39-50-82(78)86(81)69-21-13-8-14-22-69)64-35-44-72(45-36-64)85(71-42-33-61(34-43-71)59-17-9-6-10-18-59)74-47-48-76-75-23-15-16-24-79(75)83(3,4)80(76)55-74/h6-28,31-50,52-57H,5,29-30,51H2,1-4H3. The molecule has 0 saturated heterocycles. The zero-order valence-corrected chi connectivity index (χ0v) is 49.5. The quantitative estimate of drug-likeness (QED) is 0.101. The van der Waals surface area contributed by atoms with Crippen LogP contribution in [0.3, 0.4) is 0 Å². The number of nitrogens with zero attached hydrogens (tertiary/aromatic N) is 3. The van der Waals surface area contributed by atoms with Gasteiger partial charge in [0.1, 0.15) is 0 Å². The lowest BCUT2D eigenvalue weighted by Crippen LogP contribution is -2.16. The topological polar surface area (TPSA) is 11.4 Å². The van der Waals surface area contributed by atoms with Crippen molar-refractivity contribution < 1.29 is 0 Å². The van der Waals surface area contributed by atoms with Crippen LogP contribution in [0.1, 0.15) is 85.8 Å². The molecule has 1 aromatic heterocycles. The van der Waals surface area contributed by atoms with E-state index in [1.807, 2.05) is 0 Å². The highest BCUT2D eigenvalue weighted by atomic mass is 15.1. The number of rotatable bonds is 15. The van der Waals surface area contributed by atoms with Crippen LogP contribution >= 0.6 is 0 Å². The molecule has 2 atom stereocenters. The lowest BCUT2D eigenvalue weighted by Gasteiger charge is -2.29. The summed E-state index contributed by atoms with van der Waals surface area (Å²) in [7, 11) is 0. The molecule has 3 heteroatoms. The molecule has 2 unspecified atom stereocenters. The molecule has 416 valence electrons. The molecule has 3 nitrogen and oxygen atoms in total. The third kappa shape index (κ3) is 9.49. The van der Waals surface area contributed by atoms with Gasteiger partial charge in [0.2, 0.25) is 0 Å². The fourth-order valence-corrected chi connectivity index (χ4v) is 14.1. The van der Waals surface area contributed by atoms with Crippen LogP contribution in [0.2, 0.25) is 0 Å². The molecule has 0 spiro atoms. The Morgan fingerprint density at radius 2 is 0.814 bits per heavy atom. The molecule has 0 bridgehead atoms. The largest absolute Gasteiger partial charge is 0.310 e. The second kappa shape index (κ2) is 21.9. The Kier molecular flexibility index (Phi) is 13.5. The van der Waals surface area contributed by atoms with Gasteiger partial charge in [-0.1, -0.05) is 204 Å². The van der Waals surface area contributed by atoms with Gasteiger partial charge in [-0.05, 0) is 225 Å². The van der Waals surface area contributed by atoms with Gasteiger partial charge in [0, 0.05) is 56.0 Å². The highest BCUT2D eigenvalue weighted by Gasteiger charge is 2.36. The zero-order chi connectivity index (χ0) is 57.9. The van der Waals surface area contributed by atoms with Crippen molar-refractivity contribution in [3.63, 3.8) is 0 Å². The van der Waals surface area contributed by atoms with Crippen molar-refractivity contribution in [2.24, 2.45) is 0 Å². The van der Waals surface area contributed by atoms with E-state index >= 15 is 0 Å². The number of aryl methyl sites for hydroxylation is 2. The van der Waals surface area contributed by atoms with E-state index in [0.717, 1.165) is 35.6 Å². The number of hydrogen-bond donors (Lipinski definition) is 0. The van der Waals surface area contributed by atoms with E-state index in [0.29, 0.717) is 11.8 Å². The molecule has 15 rings (SSSR count). The van der Waals surface area contributed by atoms with Crippen molar-refractivity contribution in [1.82, 2.24) is 4.57 Å². The van der Waals surface area contributed by atoms with Gasteiger partial charge in [0.15, 0.2) is 0 Å². The summed E-state index contributed by atoms with van der Waals surface area (Å²) >= 11 is 0. The summed E-state index contributed by atoms with van der Waals surface area (Å²) in [4.78, 5) is 4.82. The fourth-order valence-electron chi connectivity index (χ4n) is 14.1. The molecule has 13 aromatic rings. The normalized spacial score (nSPS) is 13.6. The SMILES string of the molecule is CCC(CC(C)c1ccc(-c2ccc3c(c2)c2cc(-c4ccc(N(c5ccc(-c6ccccc6)cc5)c5ccc6c(c5)C(C)(C)c5ccccc5-6)cc4)ccc2n3-c2ccccc2)cc1)c1ccc(N(c2ccccc2)c2ccc3c(c2)CC3)cc1. The van der Waals surface area contributed by atoms with Crippen molar-refractivity contribution >= 4 is 55.9 Å². The smallest absolute Gasteiger partial charge is 0.0541 e. The number of para-hydroxylation sites is 2. The average Bonchev–Trinajstić information content (AvgIpc) is 2.89. The first kappa shape index (κ1) is 52.8. The third-order valence-electron chi connectivity index (χ3n) is 19.0. The van der Waals surface area contributed by atoms with Gasteiger partial charge in [-0.15, -0.1) is 0 Å². The van der Waals surface area contributed by atoms with E-state index in [1.165, 1.54) is 130 Å². The third-order valence-corrected chi connectivity index (χ3v) is 19.0. The Morgan fingerprint density at radius 3 is 1.40 bits per heavy atom. The summed E-state index contributed by atoms with van der Waals surface area (Å²) < 4.78 is 2.42. The Bertz CT molecular complexity index is 4600. The summed E-state index contributed by atoms with van der Waals surface area (Å²) in [6.45, 7) is 9.47. The Hall–Kier alpha value is -9.96. The summed E-state index contributed by atoms with van der Waals surface area (Å²) in [5.41, 5.74) is 28.7. The van der Waals surface area contributed by atoms with Gasteiger partial charge in [0.25, 0.3) is 0 Å². The highest BCUT2D eigenvalue weighted by molar-refractivity contribution is 6.11. The first-order valence-electron chi connectivity index (χ1n) is 30.9. The lowest BCUT2D eigenvalue weighted by molar-refractivity contribution is 0.544. The van der Waals surface area contributed by atoms with E-state index < -0.39 is 0 Å². The second-order valence-corrected chi connectivity index (χ2v) is 24.4. The summed E-state index contributed by atoms with van der Waals surface area (Å²) in [6, 6.07) is 106. The van der Waals surface area contributed by atoms with Crippen LogP contribution in [0.25, 0.3) is 72.0 Å². The lowest BCUT2D eigenvalue weighted by atomic mass is 9.82. The molecule has 12 aromatic carbocycles.